The van der Waals surface area contributed by atoms with Crippen molar-refractivity contribution in [3.05, 3.63) is 17.3 Å². The molecular weight excluding hydrogens is 396 g/mol. The molecule has 0 saturated carbocycles. The lowest BCUT2D eigenvalue weighted by Gasteiger charge is -2.30. The Hall–Kier alpha value is -2.29. The quantitative estimate of drug-likeness (QED) is 0.327. The van der Waals surface area contributed by atoms with Gasteiger partial charge in [-0.15, -0.1) is 0 Å². The number of aryl methyl sites for hydroxylation is 2. The summed E-state index contributed by atoms with van der Waals surface area (Å²) in [5.41, 5.74) is 0.486. The number of alkyl carbamates (subject to hydrolysis) is 1. The fraction of sp³-hybridized carbons (Fsp3) is 0.773. The Morgan fingerprint density at radius 3 is 2.45 bits per heavy atom. The summed E-state index contributed by atoms with van der Waals surface area (Å²) in [6.07, 6.45) is 1.82. The number of carbonyl (C=O) groups is 1. The number of ether oxygens (including phenoxy) is 1. The van der Waals surface area contributed by atoms with Crippen molar-refractivity contribution >= 4 is 12.1 Å². The molecule has 0 unspecified atom stereocenters. The lowest BCUT2D eigenvalue weighted by atomic mass is 9.97. The van der Waals surface area contributed by atoms with E-state index in [0.29, 0.717) is 19.0 Å². The molecular formula is C22H40N6O3. The molecule has 0 radical (unpaired) electrons. The van der Waals surface area contributed by atoms with Crippen LogP contribution in [-0.4, -0.2) is 66.8 Å². The van der Waals surface area contributed by atoms with Crippen LogP contribution in [0.3, 0.4) is 0 Å². The highest BCUT2D eigenvalue weighted by Gasteiger charge is 2.21. The van der Waals surface area contributed by atoms with Crippen molar-refractivity contribution < 1.29 is 13.9 Å². The molecule has 9 nitrogen and oxygen atoms in total. The molecule has 0 atom stereocenters. The smallest absolute Gasteiger partial charge is 0.407 e. The molecule has 0 aromatic carbocycles. The Kier molecular flexibility index (Phi) is 9.61. The SMILES string of the molecule is CCNC(=NCC1CCN(Cc2nc(C)c(C)o2)CC1)NCCNC(=O)OC(C)(C)C. The van der Waals surface area contributed by atoms with Crippen LogP contribution < -0.4 is 16.0 Å². The van der Waals surface area contributed by atoms with Crippen LogP contribution in [0.5, 0.6) is 0 Å². The van der Waals surface area contributed by atoms with E-state index < -0.39 is 11.7 Å². The molecule has 0 spiro atoms. The van der Waals surface area contributed by atoms with Crippen LogP contribution in [0.1, 0.15) is 57.9 Å². The summed E-state index contributed by atoms with van der Waals surface area (Å²) in [5, 5.41) is 9.27. The van der Waals surface area contributed by atoms with E-state index >= 15 is 0 Å². The van der Waals surface area contributed by atoms with E-state index in [2.05, 4.69) is 25.8 Å². The van der Waals surface area contributed by atoms with Crippen molar-refractivity contribution in [3.63, 3.8) is 0 Å². The number of hydrogen-bond acceptors (Lipinski definition) is 6. The minimum absolute atomic E-state index is 0.405. The third-order valence-electron chi connectivity index (χ3n) is 5.08. The van der Waals surface area contributed by atoms with Gasteiger partial charge in [0.1, 0.15) is 11.4 Å². The first-order valence-corrected chi connectivity index (χ1v) is 11.3. The van der Waals surface area contributed by atoms with Gasteiger partial charge in [0, 0.05) is 26.2 Å². The Bertz CT molecular complexity index is 698. The Morgan fingerprint density at radius 2 is 1.87 bits per heavy atom. The predicted octanol–water partition coefficient (Wildman–Crippen LogP) is 2.58. The summed E-state index contributed by atoms with van der Waals surface area (Å²) in [5.74, 6) is 3.07. The van der Waals surface area contributed by atoms with Crippen molar-refractivity contribution in [2.75, 3.05) is 39.3 Å². The fourth-order valence-corrected chi connectivity index (χ4v) is 3.35. The topological polar surface area (TPSA) is 104 Å². The number of nitrogens with one attached hydrogen (secondary N) is 3. The molecule has 1 aromatic rings. The van der Waals surface area contributed by atoms with Gasteiger partial charge in [0.15, 0.2) is 5.96 Å². The van der Waals surface area contributed by atoms with Crippen LogP contribution in [0.25, 0.3) is 0 Å². The molecule has 1 amide bonds. The van der Waals surface area contributed by atoms with Gasteiger partial charge in [0.2, 0.25) is 5.89 Å². The fourth-order valence-electron chi connectivity index (χ4n) is 3.35. The number of likely N-dealkylation sites (tertiary alicyclic amines) is 1. The van der Waals surface area contributed by atoms with Crippen LogP contribution in [0.15, 0.2) is 9.41 Å². The first kappa shape index (κ1) is 25.0. The molecule has 1 aliphatic rings. The normalized spacial score (nSPS) is 16.3. The van der Waals surface area contributed by atoms with Gasteiger partial charge in [0.25, 0.3) is 0 Å². The summed E-state index contributed by atoms with van der Waals surface area (Å²) in [6, 6.07) is 0. The molecule has 0 aliphatic carbocycles. The first-order valence-electron chi connectivity index (χ1n) is 11.3. The number of hydrogen-bond donors (Lipinski definition) is 3. The Balaban J connectivity index is 1.69. The summed E-state index contributed by atoms with van der Waals surface area (Å²) in [4.78, 5) is 23.3. The highest BCUT2D eigenvalue weighted by molar-refractivity contribution is 5.79. The third kappa shape index (κ3) is 9.59. The number of piperidine rings is 1. The molecule has 0 bridgehead atoms. The van der Waals surface area contributed by atoms with Crippen molar-refractivity contribution in [1.29, 1.82) is 0 Å². The van der Waals surface area contributed by atoms with Crippen molar-refractivity contribution in [2.45, 2.75) is 66.5 Å². The maximum Gasteiger partial charge on any atom is 0.407 e. The van der Waals surface area contributed by atoms with Gasteiger partial charge in [-0.05, 0) is 73.4 Å². The molecule has 3 N–H and O–H groups in total. The number of oxazole rings is 1. The molecule has 1 aromatic heterocycles. The summed E-state index contributed by atoms with van der Waals surface area (Å²) >= 11 is 0. The highest BCUT2D eigenvalue weighted by Crippen LogP contribution is 2.20. The van der Waals surface area contributed by atoms with Gasteiger partial charge in [0.05, 0.1) is 12.2 Å². The number of nitrogens with zero attached hydrogens (tertiary/aromatic N) is 3. The van der Waals surface area contributed by atoms with E-state index in [1.165, 1.54) is 0 Å². The second-order valence-electron chi connectivity index (χ2n) is 9.04. The van der Waals surface area contributed by atoms with Gasteiger partial charge in [-0.1, -0.05) is 0 Å². The van der Waals surface area contributed by atoms with Crippen molar-refractivity contribution in [3.8, 4) is 0 Å². The minimum Gasteiger partial charge on any atom is -0.444 e. The third-order valence-corrected chi connectivity index (χ3v) is 5.08. The van der Waals surface area contributed by atoms with Gasteiger partial charge in [-0.2, -0.15) is 0 Å². The second-order valence-corrected chi connectivity index (χ2v) is 9.04. The average Bonchev–Trinajstić information content (AvgIpc) is 3.00. The lowest BCUT2D eigenvalue weighted by Crippen LogP contribution is -2.43. The molecule has 176 valence electrons. The van der Waals surface area contributed by atoms with E-state index in [0.717, 1.165) is 68.9 Å². The van der Waals surface area contributed by atoms with E-state index in [9.17, 15) is 4.79 Å². The van der Waals surface area contributed by atoms with Crippen LogP contribution in [-0.2, 0) is 11.3 Å². The molecule has 9 heteroatoms. The number of aliphatic imine (C=N–C) groups is 1. The second kappa shape index (κ2) is 11.9. The summed E-state index contributed by atoms with van der Waals surface area (Å²) in [7, 11) is 0. The van der Waals surface area contributed by atoms with Crippen LogP contribution in [0.4, 0.5) is 4.79 Å². The highest BCUT2D eigenvalue weighted by atomic mass is 16.6. The largest absolute Gasteiger partial charge is 0.444 e. The van der Waals surface area contributed by atoms with Gasteiger partial charge in [-0.25, -0.2) is 9.78 Å². The van der Waals surface area contributed by atoms with Gasteiger partial charge in [-0.3, -0.25) is 9.89 Å². The van der Waals surface area contributed by atoms with Crippen LogP contribution in [0.2, 0.25) is 0 Å². The van der Waals surface area contributed by atoms with Crippen molar-refractivity contribution in [2.24, 2.45) is 10.9 Å². The number of aromatic nitrogens is 1. The van der Waals surface area contributed by atoms with E-state index in [4.69, 9.17) is 14.1 Å². The van der Waals surface area contributed by atoms with Crippen LogP contribution in [0, 0.1) is 19.8 Å². The Labute approximate surface area is 186 Å². The van der Waals surface area contributed by atoms with Crippen molar-refractivity contribution in [1.82, 2.24) is 25.8 Å². The summed E-state index contributed by atoms with van der Waals surface area (Å²) < 4.78 is 10.9. The van der Waals surface area contributed by atoms with E-state index in [1.807, 2.05) is 41.5 Å². The molecule has 1 saturated heterocycles. The number of rotatable bonds is 8. The number of carbonyl (C=O) groups excluding carboxylic acids is 1. The van der Waals surface area contributed by atoms with Crippen LogP contribution >= 0.6 is 0 Å². The van der Waals surface area contributed by atoms with E-state index in [1.54, 1.807) is 0 Å². The molecule has 2 rings (SSSR count). The minimum atomic E-state index is -0.490. The average molecular weight is 437 g/mol. The monoisotopic (exact) mass is 436 g/mol. The molecule has 31 heavy (non-hydrogen) atoms. The number of guanidine groups is 1. The molecule has 1 fully saturated rings. The standard InChI is InChI=1S/C22H40N6O3/c1-7-23-20(24-10-11-25-21(29)31-22(4,5)6)26-14-18-8-12-28(13-9-18)15-19-27-16(2)17(3)30-19/h18H,7-15H2,1-6H3,(H,25,29)(H2,23,24,26). The molecule has 2 heterocycles. The zero-order chi connectivity index (χ0) is 22.9. The molecule has 1 aliphatic heterocycles. The number of amides is 1. The summed E-state index contributed by atoms with van der Waals surface area (Å²) in [6.45, 7) is 17.0. The lowest BCUT2D eigenvalue weighted by molar-refractivity contribution is 0.0529. The maximum atomic E-state index is 11.7. The van der Waals surface area contributed by atoms with E-state index in [-0.39, 0.29) is 0 Å². The zero-order valence-corrected chi connectivity index (χ0v) is 20.0. The predicted molar refractivity (Wildman–Crippen MR) is 122 cm³/mol. The zero-order valence-electron chi connectivity index (χ0n) is 20.0. The van der Waals surface area contributed by atoms with Gasteiger partial charge < -0.3 is 25.1 Å². The van der Waals surface area contributed by atoms with Gasteiger partial charge >= 0.3 is 6.09 Å². The Morgan fingerprint density at radius 1 is 1.19 bits per heavy atom. The maximum absolute atomic E-state index is 11.7. The first-order chi connectivity index (χ1) is 14.7.